The summed E-state index contributed by atoms with van der Waals surface area (Å²) in [5.74, 6) is 0.732. The van der Waals surface area contributed by atoms with Crippen LogP contribution in [0.3, 0.4) is 0 Å². The van der Waals surface area contributed by atoms with E-state index in [0.29, 0.717) is 32.9 Å². The van der Waals surface area contributed by atoms with Crippen LogP contribution in [0.4, 0.5) is 5.82 Å². The average Bonchev–Trinajstić information content (AvgIpc) is 3.40. The van der Waals surface area contributed by atoms with E-state index in [9.17, 15) is 0 Å². The zero-order chi connectivity index (χ0) is 25.8. The highest BCUT2D eigenvalue weighted by molar-refractivity contribution is 6.43. The topological polar surface area (TPSA) is 98.6 Å². The number of nitrogens with zero attached hydrogens (tertiary/aromatic N) is 7. The minimum Gasteiger partial charge on any atom is -0.383 e. The largest absolute Gasteiger partial charge is 0.383 e. The van der Waals surface area contributed by atoms with Crippen molar-refractivity contribution in [3.63, 3.8) is 0 Å². The fourth-order valence-electron chi connectivity index (χ4n) is 4.05. The number of likely N-dealkylation sites (N-methyl/N-ethyl adjacent to an activating group) is 1. The van der Waals surface area contributed by atoms with Crippen molar-refractivity contribution in [1.82, 2.24) is 35.1 Å². The molecule has 10 heteroatoms. The number of halogens is 2. The molecule has 0 aliphatic carbocycles. The Morgan fingerprint density at radius 1 is 0.946 bits per heavy atom. The predicted molar refractivity (Wildman–Crippen MR) is 147 cm³/mol. The Morgan fingerprint density at radius 3 is 2.57 bits per heavy atom. The lowest BCUT2D eigenvalue weighted by Crippen LogP contribution is -2.20. The van der Waals surface area contributed by atoms with Gasteiger partial charge in [0, 0.05) is 37.2 Å². The molecule has 186 valence electrons. The number of pyridine rings is 2. The fourth-order valence-corrected chi connectivity index (χ4v) is 4.43. The van der Waals surface area contributed by atoms with Gasteiger partial charge in [0.15, 0.2) is 5.82 Å². The molecule has 0 atom stereocenters. The van der Waals surface area contributed by atoms with Crippen LogP contribution in [-0.2, 0) is 13.0 Å². The minimum atomic E-state index is 0.311. The van der Waals surface area contributed by atoms with Crippen molar-refractivity contribution in [1.29, 1.82) is 0 Å². The van der Waals surface area contributed by atoms with Crippen LogP contribution < -0.4 is 5.73 Å². The van der Waals surface area contributed by atoms with E-state index in [1.165, 1.54) is 15.8 Å². The van der Waals surface area contributed by atoms with E-state index in [-0.39, 0.29) is 0 Å². The van der Waals surface area contributed by atoms with Crippen molar-refractivity contribution in [2.75, 3.05) is 19.3 Å². The van der Waals surface area contributed by atoms with E-state index in [1.54, 1.807) is 30.6 Å². The number of hydrogen-bond acceptors (Lipinski definition) is 7. The zero-order valence-electron chi connectivity index (χ0n) is 20.1. The van der Waals surface area contributed by atoms with E-state index in [4.69, 9.17) is 28.9 Å². The first-order valence-corrected chi connectivity index (χ1v) is 12.4. The molecule has 0 saturated carbocycles. The molecule has 3 heterocycles. The maximum absolute atomic E-state index is 6.41. The molecule has 0 bridgehead atoms. The summed E-state index contributed by atoms with van der Waals surface area (Å²) in [6, 6.07) is 19.7. The third-order valence-corrected chi connectivity index (χ3v) is 6.84. The van der Waals surface area contributed by atoms with E-state index in [1.807, 2.05) is 18.3 Å². The highest BCUT2D eigenvalue weighted by Crippen LogP contribution is 2.33. The van der Waals surface area contributed by atoms with Crippen LogP contribution in [0.25, 0.3) is 28.2 Å². The molecule has 5 aromatic rings. The van der Waals surface area contributed by atoms with Crippen molar-refractivity contribution in [3.05, 3.63) is 100 Å². The van der Waals surface area contributed by atoms with E-state index < -0.39 is 0 Å². The Morgan fingerprint density at radius 2 is 1.78 bits per heavy atom. The van der Waals surface area contributed by atoms with Gasteiger partial charge in [0.1, 0.15) is 5.82 Å². The second-order valence-electron chi connectivity index (χ2n) is 8.69. The predicted octanol–water partition coefficient (Wildman–Crippen LogP) is 5.35. The average molecular weight is 531 g/mol. The van der Waals surface area contributed by atoms with Gasteiger partial charge in [-0.25, -0.2) is 4.98 Å². The van der Waals surface area contributed by atoms with Gasteiger partial charge in [-0.3, -0.25) is 4.98 Å². The van der Waals surface area contributed by atoms with Crippen molar-refractivity contribution in [2.45, 2.75) is 13.0 Å². The molecule has 0 amide bonds. The highest BCUT2D eigenvalue weighted by Gasteiger charge is 2.18. The Bertz CT molecular complexity index is 1500. The maximum atomic E-state index is 6.41. The van der Waals surface area contributed by atoms with Gasteiger partial charge in [0.2, 0.25) is 0 Å². The van der Waals surface area contributed by atoms with Crippen molar-refractivity contribution < 1.29 is 0 Å². The molecule has 0 unspecified atom stereocenters. The van der Waals surface area contributed by atoms with Crippen LogP contribution in [0.2, 0.25) is 10.0 Å². The van der Waals surface area contributed by atoms with E-state index in [2.05, 4.69) is 67.8 Å². The Kier molecular flexibility index (Phi) is 7.41. The van der Waals surface area contributed by atoms with Crippen LogP contribution in [0.15, 0.2) is 79.3 Å². The first kappa shape index (κ1) is 24.8. The highest BCUT2D eigenvalue weighted by atomic mass is 35.5. The van der Waals surface area contributed by atoms with Gasteiger partial charge in [-0.2, -0.15) is 4.68 Å². The number of tetrazole rings is 1. The molecule has 0 radical (unpaired) electrons. The lowest BCUT2D eigenvalue weighted by molar-refractivity contribution is 0.331. The van der Waals surface area contributed by atoms with Crippen LogP contribution in [0, 0.1) is 0 Å². The molecule has 5 rings (SSSR count). The smallest absolute Gasteiger partial charge is 0.190 e. The summed E-state index contributed by atoms with van der Waals surface area (Å²) >= 11 is 12.6. The first-order chi connectivity index (χ1) is 18.0. The van der Waals surface area contributed by atoms with Gasteiger partial charge < -0.3 is 10.6 Å². The fraction of sp³-hybridized carbons (Fsp3) is 0.148. The van der Waals surface area contributed by atoms with Gasteiger partial charge in [0.25, 0.3) is 0 Å². The summed E-state index contributed by atoms with van der Waals surface area (Å²) in [7, 11) is 2.12. The van der Waals surface area contributed by atoms with Crippen molar-refractivity contribution in [2.24, 2.45) is 0 Å². The molecule has 0 fully saturated rings. The molecule has 3 aromatic heterocycles. The molecule has 2 N–H and O–H groups in total. The second kappa shape index (κ2) is 11.0. The summed E-state index contributed by atoms with van der Waals surface area (Å²) in [5, 5.41) is 12.9. The number of aromatic nitrogens is 6. The molecule has 0 aliphatic heterocycles. The second-order valence-corrected chi connectivity index (χ2v) is 9.48. The quantitative estimate of drug-likeness (QED) is 0.288. The van der Waals surface area contributed by atoms with Gasteiger partial charge in [-0.05, 0) is 64.9 Å². The lowest BCUT2D eigenvalue weighted by atomic mass is 10.0. The number of anilines is 1. The number of nitrogens with two attached hydrogens (primary N) is 1. The number of benzene rings is 2. The van der Waals surface area contributed by atoms with E-state index in [0.717, 1.165) is 30.6 Å². The van der Waals surface area contributed by atoms with Gasteiger partial charge in [-0.15, -0.1) is 5.10 Å². The Labute approximate surface area is 224 Å². The van der Waals surface area contributed by atoms with Crippen molar-refractivity contribution in [3.8, 4) is 28.2 Å². The molecule has 0 spiro atoms. The molecule has 0 aliphatic rings. The first-order valence-electron chi connectivity index (χ1n) is 11.6. The Balaban J connectivity index is 1.34. The summed E-state index contributed by atoms with van der Waals surface area (Å²) in [4.78, 5) is 10.9. The van der Waals surface area contributed by atoms with Crippen LogP contribution in [-0.4, -0.2) is 48.7 Å². The summed E-state index contributed by atoms with van der Waals surface area (Å²) in [6.45, 7) is 1.81. The van der Waals surface area contributed by atoms with Gasteiger partial charge in [-0.1, -0.05) is 59.6 Å². The number of nitrogen functional groups attached to an aromatic ring is 1. The monoisotopic (exact) mass is 530 g/mol. The van der Waals surface area contributed by atoms with E-state index >= 15 is 0 Å². The molecular formula is C27H24Cl2N8. The maximum Gasteiger partial charge on any atom is 0.190 e. The Hall–Kier alpha value is -3.85. The normalized spacial score (nSPS) is 11.2. The van der Waals surface area contributed by atoms with Crippen LogP contribution in [0.1, 0.15) is 11.1 Å². The molecule has 2 aromatic carbocycles. The molecule has 37 heavy (non-hydrogen) atoms. The van der Waals surface area contributed by atoms with Gasteiger partial charge in [0.05, 0.1) is 21.3 Å². The molecular weight excluding hydrogens is 507 g/mol. The molecule has 0 saturated heterocycles. The SMILES string of the molecule is CN(CCc1ccc(-c2cnc(N)c(-c3nnnn3-c3cccc(Cl)c3Cl)c2)cc1)Cc1cccnc1. The third-order valence-electron chi connectivity index (χ3n) is 6.03. The van der Waals surface area contributed by atoms with Crippen molar-refractivity contribution >= 4 is 29.0 Å². The summed E-state index contributed by atoms with van der Waals surface area (Å²) in [6.07, 6.45) is 6.39. The lowest BCUT2D eigenvalue weighted by Gasteiger charge is -2.16. The molecule has 8 nitrogen and oxygen atoms in total. The number of hydrogen-bond donors (Lipinski definition) is 1. The van der Waals surface area contributed by atoms with Crippen LogP contribution >= 0.6 is 23.2 Å². The standard InChI is InChI=1S/C27H24Cl2N8/c1-36(17-19-4-3-12-31-15-19)13-11-18-7-9-20(10-8-18)21-14-22(26(30)32-16-21)27-33-34-35-37(27)24-6-2-5-23(28)25(24)29/h2-10,12,14-16H,11,13,17H2,1H3,(H2,30,32). The minimum absolute atomic E-state index is 0.311. The summed E-state index contributed by atoms with van der Waals surface area (Å²) < 4.78 is 1.51. The van der Waals surface area contributed by atoms with Gasteiger partial charge >= 0.3 is 0 Å². The third kappa shape index (κ3) is 5.61. The zero-order valence-corrected chi connectivity index (χ0v) is 21.6. The van der Waals surface area contributed by atoms with Crippen LogP contribution in [0.5, 0.6) is 0 Å². The summed E-state index contributed by atoms with van der Waals surface area (Å²) in [5.41, 5.74) is 11.8. The number of rotatable bonds is 8.